The number of cyclic esters (lactones) is 1. The summed E-state index contributed by atoms with van der Waals surface area (Å²) in [6, 6.07) is 15.7. The van der Waals surface area contributed by atoms with Gasteiger partial charge in [-0.3, -0.25) is 19.2 Å². The third kappa shape index (κ3) is 11.5. The smallest absolute Gasteiger partial charge is 0.417 e. The maximum absolute atomic E-state index is 14.5. The molecular formula is C41H55NO8. The molecule has 3 atom stereocenters. The molecule has 1 N–H and O–H groups in total. The van der Waals surface area contributed by atoms with Crippen LogP contribution in [-0.4, -0.2) is 63.9 Å². The molecule has 0 unspecified atom stereocenters. The van der Waals surface area contributed by atoms with Gasteiger partial charge in [-0.05, 0) is 63.2 Å². The third-order valence-electron chi connectivity index (χ3n) is 9.19. The van der Waals surface area contributed by atoms with Crippen molar-refractivity contribution in [2.45, 2.75) is 123 Å². The second-order valence-electron chi connectivity index (χ2n) is 14.2. The number of carbonyl (C=O) groups is 5. The topological polar surface area (TPSA) is 127 Å². The number of allylic oxidation sites excluding steroid dienone is 1. The number of esters is 1. The molecule has 1 aliphatic heterocycles. The van der Waals surface area contributed by atoms with Crippen molar-refractivity contribution >= 4 is 35.1 Å². The first kappa shape index (κ1) is 40.3. The summed E-state index contributed by atoms with van der Waals surface area (Å²) in [5.74, 6) is -3.83. The van der Waals surface area contributed by atoms with Crippen LogP contribution in [0.5, 0.6) is 0 Å². The van der Waals surface area contributed by atoms with Crippen molar-refractivity contribution in [2.75, 3.05) is 6.61 Å². The lowest BCUT2D eigenvalue weighted by molar-refractivity contribution is -0.159. The van der Waals surface area contributed by atoms with E-state index in [1.807, 2.05) is 45.0 Å². The van der Waals surface area contributed by atoms with Crippen molar-refractivity contribution in [3.05, 3.63) is 77.4 Å². The molecule has 0 spiro atoms. The van der Waals surface area contributed by atoms with Gasteiger partial charge in [0.15, 0.2) is 17.7 Å². The number of amides is 2. The number of unbranched alkanes of at least 4 members (excludes halogenated alkanes) is 7. The van der Waals surface area contributed by atoms with E-state index in [9.17, 15) is 24.0 Å². The average molecular weight is 690 g/mol. The van der Waals surface area contributed by atoms with Crippen LogP contribution in [0.4, 0.5) is 4.79 Å². The lowest BCUT2D eigenvalue weighted by Crippen LogP contribution is -2.53. The van der Waals surface area contributed by atoms with Crippen LogP contribution in [0.2, 0.25) is 0 Å². The average Bonchev–Trinajstić information content (AvgIpc) is 3.31. The Morgan fingerprint density at radius 1 is 0.920 bits per heavy atom. The van der Waals surface area contributed by atoms with Crippen LogP contribution in [-0.2, 0) is 35.1 Å². The molecule has 3 rings (SSSR count). The summed E-state index contributed by atoms with van der Waals surface area (Å²) in [4.78, 5) is 69.5. The van der Waals surface area contributed by atoms with E-state index < -0.39 is 47.4 Å². The van der Waals surface area contributed by atoms with Crippen molar-refractivity contribution in [2.24, 2.45) is 11.8 Å². The lowest BCUT2D eigenvalue weighted by atomic mass is 9.85. The number of aliphatic hydroxyl groups excluding tert-OH is 1. The highest BCUT2D eigenvalue weighted by molar-refractivity contribution is 6.25. The Morgan fingerprint density at radius 2 is 1.54 bits per heavy atom. The summed E-state index contributed by atoms with van der Waals surface area (Å²) < 4.78 is 11.3. The second-order valence-corrected chi connectivity index (χ2v) is 14.2. The Kier molecular flexibility index (Phi) is 15.6. The molecule has 0 aromatic heterocycles. The summed E-state index contributed by atoms with van der Waals surface area (Å²) in [5.41, 5.74) is 1.37. The van der Waals surface area contributed by atoms with Crippen molar-refractivity contribution < 1.29 is 38.6 Å². The van der Waals surface area contributed by atoms with Gasteiger partial charge in [0.1, 0.15) is 5.60 Å². The Balaban J connectivity index is 1.98. The number of imide groups is 1. The Hall–Kier alpha value is -4.11. The van der Waals surface area contributed by atoms with E-state index in [2.05, 4.69) is 0 Å². The number of ketones is 2. The number of aliphatic hydroxyl groups is 1. The number of nitrogens with zero attached hydrogens (tertiary/aromatic N) is 1. The highest BCUT2D eigenvalue weighted by atomic mass is 16.6. The standard InChI is InChI=1S/C41H55NO8/c1-28(2)38-41(5,6)50-40(48)42(38)39(47)34(26-31-20-14-13-15-21-31)37(49-30(4)44)36(46)27-33(32-22-18-19-29(3)25-32)35(45)23-16-11-9-7-8-10-12-17-24-43/h13-15,18-22,25,27-28,34,37-38,43H,7-12,16-17,23-24,26H2,1-6H3/t34-,37-,38-/m1/s1. The number of carbonyl (C=O) groups excluding carboxylic acids is 5. The molecule has 2 aromatic rings. The SMILES string of the molecule is CC(=O)O[C@@H](C(=O)C=C(C(=O)CCCCCCCCCCO)c1cccc(C)c1)[C@@H](Cc1ccccc1)C(=O)N1C(=O)OC(C)(C)[C@H]1C(C)C. The molecule has 9 nitrogen and oxygen atoms in total. The van der Waals surface area contributed by atoms with Crippen molar-refractivity contribution in [1.29, 1.82) is 0 Å². The van der Waals surface area contributed by atoms with E-state index in [0.717, 1.165) is 62.3 Å². The zero-order valence-electron chi connectivity index (χ0n) is 30.6. The van der Waals surface area contributed by atoms with Crippen LogP contribution in [0.25, 0.3) is 5.57 Å². The first-order valence-corrected chi connectivity index (χ1v) is 18.0. The molecule has 272 valence electrons. The zero-order valence-corrected chi connectivity index (χ0v) is 30.6. The largest absolute Gasteiger partial charge is 0.453 e. The molecule has 2 aromatic carbocycles. The maximum Gasteiger partial charge on any atom is 0.417 e. The predicted molar refractivity (Wildman–Crippen MR) is 193 cm³/mol. The number of aryl methyl sites for hydroxylation is 1. The van der Waals surface area contributed by atoms with Crippen LogP contribution < -0.4 is 0 Å². The van der Waals surface area contributed by atoms with Crippen molar-refractivity contribution in [3.63, 3.8) is 0 Å². The van der Waals surface area contributed by atoms with E-state index in [0.29, 0.717) is 17.5 Å². The Bertz CT molecular complexity index is 1490. The van der Waals surface area contributed by atoms with Gasteiger partial charge in [0.25, 0.3) is 0 Å². The fourth-order valence-electron chi connectivity index (χ4n) is 6.93. The molecule has 0 aliphatic carbocycles. The fourth-order valence-corrected chi connectivity index (χ4v) is 6.93. The normalized spacial score (nSPS) is 17.0. The van der Waals surface area contributed by atoms with E-state index in [1.165, 1.54) is 6.08 Å². The monoisotopic (exact) mass is 689 g/mol. The van der Waals surface area contributed by atoms with E-state index in [1.54, 1.807) is 44.2 Å². The van der Waals surface area contributed by atoms with Crippen molar-refractivity contribution in [3.8, 4) is 0 Å². The molecule has 1 saturated heterocycles. The van der Waals surface area contributed by atoms with Gasteiger partial charge < -0.3 is 14.6 Å². The summed E-state index contributed by atoms with van der Waals surface area (Å²) in [5, 5.41) is 8.95. The first-order chi connectivity index (χ1) is 23.8. The number of ether oxygens (including phenoxy) is 2. The molecule has 50 heavy (non-hydrogen) atoms. The van der Waals surface area contributed by atoms with Crippen LogP contribution >= 0.6 is 0 Å². The van der Waals surface area contributed by atoms with E-state index in [4.69, 9.17) is 14.6 Å². The Labute approximate surface area is 297 Å². The quantitative estimate of drug-likeness (QED) is 0.0856. The highest BCUT2D eigenvalue weighted by Gasteiger charge is 2.54. The number of rotatable bonds is 20. The van der Waals surface area contributed by atoms with Crippen molar-refractivity contribution in [1.82, 2.24) is 4.90 Å². The lowest BCUT2D eigenvalue weighted by Gasteiger charge is -2.34. The molecule has 9 heteroatoms. The van der Waals surface area contributed by atoms with Crippen LogP contribution in [0.3, 0.4) is 0 Å². The second kappa shape index (κ2) is 19.3. The molecule has 1 heterocycles. The first-order valence-electron chi connectivity index (χ1n) is 18.0. The molecule has 2 amide bonds. The summed E-state index contributed by atoms with van der Waals surface area (Å²) >= 11 is 0. The minimum Gasteiger partial charge on any atom is -0.453 e. The molecule has 1 fully saturated rings. The summed E-state index contributed by atoms with van der Waals surface area (Å²) in [6.07, 6.45) is 6.57. The van der Waals surface area contributed by atoms with Gasteiger partial charge in [-0.25, -0.2) is 9.69 Å². The van der Waals surface area contributed by atoms with Crippen LogP contribution in [0.1, 0.15) is 109 Å². The predicted octanol–water partition coefficient (Wildman–Crippen LogP) is 7.59. The number of Topliss-reactive ketones (excluding diaryl/α,β-unsaturated/α-hetero) is 1. The zero-order chi connectivity index (χ0) is 36.8. The number of hydrogen-bond donors (Lipinski definition) is 1. The molecule has 0 saturated carbocycles. The number of hydrogen-bond acceptors (Lipinski definition) is 8. The minimum atomic E-state index is -1.61. The van der Waals surface area contributed by atoms with Gasteiger partial charge in [0.05, 0.1) is 12.0 Å². The van der Waals surface area contributed by atoms with E-state index in [-0.39, 0.29) is 36.7 Å². The summed E-state index contributed by atoms with van der Waals surface area (Å²) in [7, 11) is 0. The third-order valence-corrected chi connectivity index (χ3v) is 9.19. The molecule has 0 radical (unpaired) electrons. The molecule has 1 aliphatic rings. The number of benzene rings is 2. The molecular weight excluding hydrogens is 634 g/mol. The van der Waals surface area contributed by atoms with E-state index >= 15 is 0 Å². The fraction of sp³-hybridized carbons (Fsp3) is 0.537. The minimum absolute atomic E-state index is 0.0000509. The summed E-state index contributed by atoms with van der Waals surface area (Å²) in [6.45, 7) is 10.5. The van der Waals surface area contributed by atoms with Gasteiger partial charge in [-0.2, -0.15) is 0 Å². The Morgan fingerprint density at radius 3 is 2.12 bits per heavy atom. The van der Waals surface area contributed by atoms with Gasteiger partial charge in [-0.1, -0.05) is 113 Å². The van der Waals surface area contributed by atoms with Gasteiger partial charge in [-0.15, -0.1) is 0 Å². The highest BCUT2D eigenvalue weighted by Crippen LogP contribution is 2.36. The maximum atomic E-state index is 14.5. The van der Waals surface area contributed by atoms with Gasteiger partial charge in [0, 0.05) is 25.5 Å². The van der Waals surface area contributed by atoms with Gasteiger partial charge >= 0.3 is 12.1 Å². The molecule has 0 bridgehead atoms. The van der Waals surface area contributed by atoms with Gasteiger partial charge in [0.2, 0.25) is 5.91 Å². The van der Waals surface area contributed by atoms with Crippen LogP contribution in [0, 0.1) is 18.8 Å². The van der Waals surface area contributed by atoms with Crippen LogP contribution in [0.15, 0.2) is 60.7 Å².